The van der Waals surface area contributed by atoms with Crippen molar-refractivity contribution in [2.24, 2.45) is 5.73 Å². The fourth-order valence-corrected chi connectivity index (χ4v) is 3.08. The van der Waals surface area contributed by atoms with Gasteiger partial charge in [-0.2, -0.15) is 0 Å². The monoisotopic (exact) mass is 305 g/mol. The molecule has 0 fully saturated rings. The molecule has 0 aliphatic carbocycles. The molecular weight excluding hydrogens is 286 g/mol. The average molecular weight is 305 g/mol. The first-order valence-electron chi connectivity index (χ1n) is 6.56. The normalized spacial score (nSPS) is 13.5. The SMILES string of the molecule is COc1ccc(C(N)CS(=O)c2ccc(OC)cc2)cc1. The van der Waals surface area contributed by atoms with Crippen molar-refractivity contribution in [3.63, 3.8) is 0 Å². The fraction of sp³-hybridized carbons (Fsp3) is 0.250. The van der Waals surface area contributed by atoms with E-state index in [2.05, 4.69) is 0 Å². The predicted molar refractivity (Wildman–Crippen MR) is 84.2 cm³/mol. The van der Waals surface area contributed by atoms with Gasteiger partial charge in [-0.25, -0.2) is 0 Å². The lowest BCUT2D eigenvalue weighted by molar-refractivity contribution is 0.414. The number of ether oxygens (including phenoxy) is 2. The van der Waals surface area contributed by atoms with Crippen molar-refractivity contribution in [3.05, 3.63) is 54.1 Å². The number of rotatable bonds is 6. The van der Waals surface area contributed by atoms with E-state index in [1.54, 1.807) is 38.5 Å². The fourth-order valence-electron chi connectivity index (χ4n) is 1.93. The molecule has 0 radical (unpaired) electrons. The van der Waals surface area contributed by atoms with Crippen LogP contribution in [0.3, 0.4) is 0 Å². The van der Waals surface area contributed by atoms with E-state index in [9.17, 15) is 4.21 Å². The Balaban J connectivity index is 2.03. The zero-order valence-corrected chi connectivity index (χ0v) is 12.9. The maximum atomic E-state index is 12.3. The van der Waals surface area contributed by atoms with Gasteiger partial charge in [-0.1, -0.05) is 12.1 Å². The Bertz CT molecular complexity index is 596. The van der Waals surface area contributed by atoms with Crippen LogP contribution < -0.4 is 15.2 Å². The first kappa shape index (κ1) is 15.5. The minimum Gasteiger partial charge on any atom is -0.497 e. The van der Waals surface area contributed by atoms with Gasteiger partial charge in [0.1, 0.15) is 11.5 Å². The van der Waals surface area contributed by atoms with Crippen LogP contribution in [0.5, 0.6) is 11.5 Å². The van der Waals surface area contributed by atoms with Crippen LogP contribution in [-0.2, 0) is 10.8 Å². The van der Waals surface area contributed by atoms with E-state index in [0.717, 1.165) is 22.0 Å². The van der Waals surface area contributed by atoms with Gasteiger partial charge >= 0.3 is 0 Å². The Hall–Kier alpha value is -1.85. The van der Waals surface area contributed by atoms with Crippen LogP contribution in [0, 0.1) is 0 Å². The van der Waals surface area contributed by atoms with Crippen molar-refractivity contribution >= 4 is 10.8 Å². The van der Waals surface area contributed by atoms with E-state index < -0.39 is 10.8 Å². The quantitative estimate of drug-likeness (QED) is 0.891. The molecule has 0 spiro atoms. The van der Waals surface area contributed by atoms with Crippen LogP contribution in [0.4, 0.5) is 0 Å². The van der Waals surface area contributed by atoms with Crippen LogP contribution in [-0.4, -0.2) is 24.2 Å². The highest BCUT2D eigenvalue weighted by molar-refractivity contribution is 7.85. The van der Waals surface area contributed by atoms with E-state index in [1.165, 1.54) is 0 Å². The molecule has 0 amide bonds. The van der Waals surface area contributed by atoms with Gasteiger partial charge in [0.15, 0.2) is 0 Å². The van der Waals surface area contributed by atoms with Crippen molar-refractivity contribution in [1.82, 2.24) is 0 Å². The molecule has 2 unspecified atom stereocenters. The molecule has 5 heteroatoms. The lowest BCUT2D eigenvalue weighted by atomic mass is 10.1. The molecule has 0 saturated carbocycles. The molecule has 2 aromatic rings. The first-order valence-corrected chi connectivity index (χ1v) is 7.88. The van der Waals surface area contributed by atoms with E-state index in [-0.39, 0.29) is 6.04 Å². The van der Waals surface area contributed by atoms with Gasteiger partial charge in [-0.3, -0.25) is 4.21 Å². The van der Waals surface area contributed by atoms with E-state index >= 15 is 0 Å². The number of benzene rings is 2. The minimum atomic E-state index is -1.14. The second-order valence-electron chi connectivity index (χ2n) is 4.57. The Labute approximate surface area is 127 Å². The smallest absolute Gasteiger partial charge is 0.118 e. The van der Waals surface area contributed by atoms with Crippen molar-refractivity contribution in [1.29, 1.82) is 0 Å². The predicted octanol–water partition coefficient (Wildman–Crippen LogP) is 2.51. The van der Waals surface area contributed by atoms with Gasteiger partial charge < -0.3 is 15.2 Å². The molecule has 0 heterocycles. The summed E-state index contributed by atoms with van der Waals surface area (Å²) in [5.41, 5.74) is 7.06. The minimum absolute atomic E-state index is 0.279. The number of hydrogen-bond acceptors (Lipinski definition) is 4. The highest BCUT2D eigenvalue weighted by Crippen LogP contribution is 2.20. The number of hydrogen-bond donors (Lipinski definition) is 1. The Kier molecular flexibility index (Phi) is 5.36. The van der Waals surface area contributed by atoms with E-state index in [4.69, 9.17) is 15.2 Å². The van der Waals surface area contributed by atoms with Gasteiger partial charge in [0.25, 0.3) is 0 Å². The Morgan fingerprint density at radius 3 is 1.90 bits per heavy atom. The third-order valence-corrected chi connectivity index (χ3v) is 4.66. The molecule has 112 valence electrons. The summed E-state index contributed by atoms with van der Waals surface area (Å²) in [6, 6.07) is 14.4. The van der Waals surface area contributed by atoms with Crippen LogP contribution in [0.2, 0.25) is 0 Å². The second-order valence-corrected chi connectivity index (χ2v) is 6.06. The molecule has 0 saturated heterocycles. The molecule has 0 aliphatic heterocycles. The maximum Gasteiger partial charge on any atom is 0.118 e. The lowest BCUT2D eigenvalue weighted by Gasteiger charge is -2.12. The molecular formula is C16H19NO3S. The van der Waals surface area contributed by atoms with Crippen molar-refractivity contribution in [2.45, 2.75) is 10.9 Å². The highest BCUT2D eigenvalue weighted by Gasteiger charge is 2.12. The van der Waals surface area contributed by atoms with Crippen LogP contribution >= 0.6 is 0 Å². The Morgan fingerprint density at radius 1 is 0.952 bits per heavy atom. The van der Waals surface area contributed by atoms with Gasteiger partial charge in [0.2, 0.25) is 0 Å². The summed E-state index contributed by atoms with van der Waals surface area (Å²) in [6.07, 6.45) is 0. The summed E-state index contributed by atoms with van der Waals surface area (Å²) in [5, 5.41) is 0. The zero-order valence-electron chi connectivity index (χ0n) is 12.1. The zero-order chi connectivity index (χ0) is 15.2. The topological polar surface area (TPSA) is 61.5 Å². The lowest BCUT2D eigenvalue weighted by Crippen LogP contribution is -2.18. The summed E-state index contributed by atoms with van der Waals surface area (Å²) in [5.74, 6) is 1.90. The summed E-state index contributed by atoms with van der Waals surface area (Å²) in [6.45, 7) is 0. The molecule has 2 atom stereocenters. The average Bonchev–Trinajstić information content (AvgIpc) is 2.55. The number of nitrogens with two attached hydrogens (primary N) is 1. The molecule has 2 aromatic carbocycles. The summed E-state index contributed by atoms with van der Waals surface area (Å²) >= 11 is 0. The van der Waals surface area contributed by atoms with Crippen LogP contribution in [0.1, 0.15) is 11.6 Å². The van der Waals surface area contributed by atoms with Crippen molar-refractivity contribution < 1.29 is 13.7 Å². The molecule has 0 aliphatic rings. The van der Waals surface area contributed by atoms with Crippen LogP contribution in [0.15, 0.2) is 53.4 Å². The van der Waals surface area contributed by atoms with Gasteiger partial charge in [0, 0.05) is 16.7 Å². The standard InChI is InChI=1S/C16H19NO3S/c1-19-13-5-3-12(4-6-13)16(17)11-21(18)15-9-7-14(20-2)8-10-15/h3-10,16H,11,17H2,1-2H3. The second kappa shape index (κ2) is 7.24. The molecule has 0 bridgehead atoms. The Morgan fingerprint density at radius 2 is 1.43 bits per heavy atom. The van der Waals surface area contributed by atoms with E-state index in [0.29, 0.717) is 5.75 Å². The molecule has 2 N–H and O–H groups in total. The van der Waals surface area contributed by atoms with Gasteiger partial charge in [-0.15, -0.1) is 0 Å². The maximum absolute atomic E-state index is 12.3. The van der Waals surface area contributed by atoms with Crippen molar-refractivity contribution in [2.75, 3.05) is 20.0 Å². The van der Waals surface area contributed by atoms with Crippen LogP contribution in [0.25, 0.3) is 0 Å². The summed E-state index contributed by atoms with van der Waals surface area (Å²) < 4.78 is 22.5. The third-order valence-electron chi connectivity index (χ3n) is 3.20. The summed E-state index contributed by atoms with van der Waals surface area (Å²) in [4.78, 5) is 0.750. The molecule has 0 aromatic heterocycles. The van der Waals surface area contributed by atoms with E-state index in [1.807, 2.05) is 24.3 Å². The number of methoxy groups -OCH3 is 2. The molecule has 21 heavy (non-hydrogen) atoms. The molecule has 4 nitrogen and oxygen atoms in total. The largest absolute Gasteiger partial charge is 0.497 e. The first-order chi connectivity index (χ1) is 10.1. The summed E-state index contributed by atoms with van der Waals surface area (Å²) in [7, 11) is 2.08. The highest BCUT2D eigenvalue weighted by atomic mass is 32.2. The third kappa shape index (κ3) is 4.06. The van der Waals surface area contributed by atoms with Gasteiger partial charge in [0.05, 0.1) is 25.0 Å². The van der Waals surface area contributed by atoms with Gasteiger partial charge in [-0.05, 0) is 42.0 Å². The molecule has 2 rings (SSSR count). The van der Waals surface area contributed by atoms with Crippen molar-refractivity contribution in [3.8, 4) is 11.5 Å².